The third-order valence-corrected chi connectivity index (χ3v) is 2.78. The molecule has 1 fully saturated rings. The van der Waals surface area contributed by atoms with Crippen molar-refractivity contribution in [3.05, 3.63) is 0 Å². The summed E-state index contributed by atoms with van der Waals surface area (Å²) in [6, 6.07) is 0. The molecule has 9 nitrogen and oxygen atoms in total. The Balaban J connectivity index is 0. The van der Waals surface area contributed by atoms with E-state index in [0.717, 1.165) is 0 Å². The van der Waals surface area contributed by atoms with E-state index < -0.39 is 44.6 Å². The Morgan fingerprint density at radius 1 is 1.16 bits per heavy atom. The van der Waals surface area contributed by atoms with Crippen molar-refractivity contribution in [2.24, 2.45) is 0 Å². The zero-order valence-corrected chi connectivity index (χ0v) is 15.6. The third kappa shape index (κ3) is 6.68. The quantitative estimate of drug-likeness (QED) is 0.292. The van der Waals surface area contributed by atoms with Gasteiger partial charge in [0.05, 0.1) is 13.9 Å². The van der Waals surface area contributed by atoms with Gasteiger partial charge < -0.3 is 44.0 Å². The van der Waals surface area contributed by atoms with Crippen molar-refractivity contribution in [2.45, 2.75) is 43.7 Å². The van der Waals surface area contributed by atoms with Crippen molar-refractivity contribution in [3.63, 3.8) is 0 Å². The minimum atomic E-state index is -5.43. The number of rotatable bonds is 3. The van der Waals surface area contributed by atoms with Crippen molar-refractivity contribution in [1.82, 2.24) is 0 Å². The van der Waals surface area contributed by atoms with Crippen LogP contribution < -0.4 is 68.9 Å². The van der Waals surface area contributed by atoms with Gasteiger partial charge in [-0.25, -0.2) is 0 Å². The normalized spacial score (nSPS) is 36.9. The topological polar surface area (TPSA) is 163 Å². The van der Waals surface area contributed by atoms with Crippen molar-refractivity contribution in [2.75, 3.05) is 0 Å². The van der Waals surface area contributed by atoms with Crippen LogP contribution in [0.5, 0.6) is 0 Å². The van der Waals surface area contributed by atoms with E-state index in [9.17, 15) is 34.8 Å². The van der Waals surface area contributed by atoms with Crippen molar-refractivity contribution < 1.29 is 103 Å². The molecular weight excluding hydrogens is 305 g/mol. The number of phosphoric acid groups is 1. The van der Waals surface area contributed by atoms with Gasteiger partial charge in [-0.3, -0.25) is 0 Å². The molecule has 1 heterocycles. The van der Waals surface area contributed by atoms with Crippen LogP contribution in [0.4, 0.5) is 0 Å². The van der Waals surface area contributed by atoms with E-state index in [2.05, 4.69) is 4.52 Å². The summed E-state index contributed by atoms with van der Waals surface area (Å²) in [7, 11) is -5.43. The maximum atomic E-state index is 10.4. The molecule has 1 saturated heterocycles. The van der Waals surface area contributed by atoms with Gasteiger partial charge in [0.25, 0.3) is 0 Å². The molecule has 12 heteroatoms. The zero-order valence-electron chi connectivity index (χ0n) is 10.7. The molecule has 0 bridgehead atoms. The maximum absolute atomic E-state index is 10.4. The van der Waals surface area contributed by atoms with Crippen molar-refractivity contribution in [3.8, 4) is 0 Å². The Morgan fingerprint density at radius 2 is 1.63 bits per heavy atom. The van der Waals surface area contributed by atoms with Crippen LogP contribution in [0, 0.1) is 0 Å². The predicted molar refractivity (Wildman–Crippen MR) is 47.1 cm³/mol. The monoisotopic (exact) mass is 318 g/mol. The van der Waals surface area contributed by atoms with Gasteiger partial charge in [0, 0.05) is 0 Å². The Hall–Kier alpha value is 1.91. The number of hydrogen-bond acceptors (Lipinski definition) is 9. The van der Waals surface area contributed by atoms with E-state index in [0.29, 0.717) is 0 Å². The second-order valence-corrected chi connectivity index (χ2v) is 4.84. The average Bonchev–Trinajstić information content (AvgIpc) is 2.16. The minimum absolute atomic E-state index is 0. The number of ether oxygens (including phenoxy) is 1. The van der Waals surface area contributed by atoms with E-state index in [-0.39, 0.29) is 59.1 Å². The molecule has 1 aliphatic rings. The molecule has 0 aromatic heterocycles. The first-order chi connectivity index (χ1) is 7.63. The van der Waals surface area contributed by atoms with Gasteiger partial charge in [0.2, 0.25) is 0 Å². The molecule has 0 radical (unpaired) electrons. The van der Waals surface area contributed by atoms with E-state index >= 15 is 0 Å². The van der Waals surface area contributed by atoms with Crippen LogP contribution in [0.15, 0.2) is 0 Å². The van der Waals surface area contributed by atoms with Crippen LogP contribution in [0.2, 0.25) is 0 Å². The maximum Gasteiger partial charge on any atom is 1.00 e. The Bertz CT molecular complexity index is 311. The van der Waals surface area contributed by atoms with Crippen LogP contribution >= 0.6 is 7.82 Å². The van der Waals surface area contributed by atoms with Crippen molar-refractivity contribution in [1.29, 1.82) is 0 Å². The molecule has 1 rings (SSSR count). The molecule has 0 spiro atoms. The molecule has 0 saturated carbocycles. The predicted octanol–water partition coefficient (Wildman–Crippen LogP) is -9.97. The van der Waals surface area contributed by atoms with E-state index in [4.69, 9.17) is 4.74 Å². The minimum Gasteiger partial charge on any atom is -0.790 e. The summed E-state index contributed by atoms with van der Waals surface area (Å²) in [5, 5.41) is 37.3. The fourth-order valence-corrected chi connectivity index (χ4v) is 1.92. The Labute approximate surface area is 153 Å². The fraction of sp³-hybridized carbons (Fsp3) is 1.00. The standard InChI is InChI=1S/C7H15O9P.2Na/c1-2(8)6-4(10)3(9)5(11)7(15-6)16-17(12,13)14;;/h2-11H,1H3,(H2,12,13,14);;/q;2*+1/p-2/t2-,3-,4-,5+,6+,7+;;/m0../s1. The van der Waals surface area contributed by atoms with Crippen LogP contribution in [-0.2, 0) is 13.8 Å². The van der Waals surface area contributed by atoms with E-state index in [1.807, 2.05) is 0 Å². The molecule has 4 N–H and O–H groups in total. The molecule has 1 aliphatic heterocycles. The molecule has 0 aromatic carbocycles. The second kappa shape index (κ2) is 9.14. The first-order valence-electron chi connectivity index (χ1n) is 4.71. The first-order valence-corrected chi connectivity index (χ1v) is 6.17. The van der Waals surface area contributed by atoms with Gasteiger partial charge in [-0.15, -0.1) is 0 Å². The summed E-state index contributed by atoms with van der Waals surface area (Å²) >= 11 is 0. The van der Waals surface area contributed by atoms with Crippen LogP contribution in [0.1, 0.15) is 6.92 Å². The molecule has 19 heavy (non-hydrogen) atoms. The van der Waals surface area contributed by atoms with E-state index in [1.165, 1.54) is 6.92 Å². The number of aliphatic hydroxyl groups is 4. The van der Waals surface area contributed by atoms with Crippen LogP contribution in [-0.4, -0.2) is 57.2 Å². The Morgan fingerprint density at radius 3 is 2.00 bits per heavy atom. The van der Waals surface area contributed by atoms with Crippen LogP contribution in [0.25, 0.3) is 0 Å². The second-order valence-electron chi connectivity index (χ2n) is 3.73. The first kappa shape index (κ1) is 23.2. The number of aliphatic hydroxyl groups excluding tert-OH is 4. The summed E-state index contributed by atoms with van der Waals surface area (Å²) in [6.07, 6.45) is -9.98. The summed E-state index contributed by atoms with van der Waals surface area (Å²) in [4.78, 5) is 20.7. The fourth-order valence-electron chi connectivity index (χ4n) is 1.49. The van der Waals surface area contributed by atoms with Gasteiger partial charge in [-0.2, -0.15) is 0 Å². The molecule has 0 amide bonds. The third-order valence-electron chi connectivity index (χ3n) is 2.31. The largest absolute Gasteiger partial charge is 1.00 e. The molecule has 102 valence electrons. The molecule has 0 unspecified atom stereocenters. The van der Waals surface area contributed by atoms with Gasteiger partial charge in [-0.05, 0) is 6.92 Å². The SMILES string of the molecule is C[C@H](O)[C@H]1O[C@H](OP(=O)([O-])[O-])[C@H](O)[C@@H](O)[C@@H]1O.[Na+].[Na+]. The van der Waals surface area contributed by atoms with Crippen LogP contribution in [0.3, 0.4) is 0 Å². The number of phosphoric ester groups is 1. The van der Waals surface area contributed by atoms with Gasteiger partial charge in [0.1, 0.15) is 24.4 Å². The summed E-state index contributed by atoms with van der Waals surface area (Å²) in [6.45, 7) is 1.21. The summed E-state index contributed by atoms with van der Waals surface area (Å²) in [5.74, 6) is 0. The van der Waals surface area contributed by atoms with Gasteiger partial charge in [-0.1, -0.05) is 0 Å². The molecular formula is C7H13Na2O9P. The van der Waals surface area contributed by atoms with Gasteiger partial charge in [0.15, 0.2) is 6.29 Å². The number of hydrogen-bond donors (Lipinski definition) is 4. The Kier molecular flexibility index (Phi) is 11.2. The summed E-state index contributed by atoms with van der Waals surface area (Å²) < 4.78 is 19.0. The van der Waals surface area contributed by atoms with Gasteiger partial charge >= 0.3 is 59.1 Å². The average molecular weight is 318 g/mol. The van der Waals surface area contributed by atoms with Crippen molar-refractivity contribution >= 4 is 7.82 Å². The summed E-state index contributed by atoms with van der Waals surface area (Å²) in [5.41, 5.74) is 0. The molecule has 0 aliphatic carbocycles. The zero-order chi connectivity index (χ0) is 13.4. The van der Waals surface area contributed by atoms with E-state index in [1.54, 1.807) is 0 Å². The molecule has 6 atom stereocenters. The smallest absolute Gasteiger partial charge is 0.790 e. The molecule has 0 aromatic rings.